The lowest BCUT2D eigenvalue weighted by Gasteiger charge is -1.95. The maximum atomic E-state index is 10.1. The number of nitroso groups, excluding NO2 is 1. The Hall–Kier alpha value is -1.06. The van der Waals surface area contributed by atoms with Crippen LogP contribution in [0.4, 0.5) is 0 Å². The molecule has 1 rings (SSSR count). The van der Waals surface area contributed by atoms with Gasteiger partial charge in [-0.1, -0.05) is 0 Å². The summed E-state index contributed by atoms with van der Waals surface area (Å²) in [6.07, 6.45) is 2.85. The van der Waals surface area contributed by atoms with Crippen molar-refractivity contribution in [2.45, 2.75) is 0 Å². The summed E-state index contributed by atoms with van der Waals surface area (Å²) in [5.41, 5.74) is 2.35. The molecule has 0 spiro atoms. The Kier molecular flexibility index (Phi) is 0.934. The molecule has 38 valence electrons. The maximum Gasteiger partial charge on any atom is 0.364 e. The smallest absolute Gasteiger partial charge is 0.364 e. The molecular formula is C3H5N2O2+. The maximum absolute atomic E-state index is 10.1. The van der Waals surface area contributed by atoms with E-state index in [0.29, 0.717) is 4.87 Å². The molecule has 1 aliphatic rings. The van der Waals surface area contributed by atoms with Crippen molar-refractivity contribution < 1.29 is 9.61 Å². The van der Waals surface area contributed by atoms with Crippen molar-refractivity contribution in [2.24, 2.45) is 0 Å². The quantitative estimate of drug-likeness (QED) is 0.427. The highest BCUT2D eigenvalue weighted by molar-refractivity contribution is 4.65. The van der Waals surface area contributed by atoms with Gasteiger partial charge in [0, 0.05) is 0 Å². The Morgan fingerprint density at radius 1 is 1.86 bits per heavy atom. The first-order valence-corrected chi connectivity index (χ1v) is 1.87. The Labute approximate surface area is 40.3 Å². The summed E-state index contributed by atoms with van der Waals surface area (Å²) >= 11 is 0. The van der Waals surface area contributed by atoms with Crippen molar-refractivity contribution in [3.63, 3.8) is 0 Å². The molecule has 4 heteroatoms. The average Bonchev–Trinajstić information content (AvgIpc) is 1.69. The van der Waals surface area contributed by atoms with Crippen LogP contribution in [-0.2, 0) is 4.74 Å². The molecule has 0 atom stereocenters. The molecule has 4 nitrogen and oxygen atoms in total. The van der Waals surface area contributed by atoms with Gasteiger partial charge < -0.3 is 4.74 Å². The molecule has 0 aromatic carbocycles. The highest BCUT2D eigenvalue weighted by Crippen LogP contribution is 1.81. The highest BCUT2D eigenvalue weighted by Gasteiger charge is 2.06. The van der Waals surface area contributed by atoms with Crippen LogP contribution in [0.1, 0.15) is 0 Å². The van der Waals surface area contributed by atoms with E-state index < -0.39 is 0 Å². The second kappa shape index (κ2) is 1.59. The van der Waals surface area contributed by atoms with Crippen LogP contribution in [0.25, 0.3) is 0 Å². The molecule has 0 radical (unpaired) electrons. The summed E-state index contributed by atoms with van der Waals surface area (Å²) in [4.78, 5) is 10.7. The SMILES string of the molecule is O=[N+]1COC=CN1. The second-order valence-electron chi connectivity index (χ2n) is 1.11. The van der Waals surface area contributed by atoms with Crippen molar-refractivity contribution in [3.05, 3.63) is 17.4 Å². The van der Waals surface area contributed by atoms with Crippen molar-refractivity contribution in [1.82, 2.24) is 5.43 Å². The van der Waals surface area contributed by atoms with Crippen LogP contribution in [0.2, 0.25) is 0 Å². The van der Waals surface area contributed by atoms with Gasteiger partial charge in [-0.25, -0.2) is 0 Å². The lowest BCUT2D eigenvalue weighted by molar-refractivity contribution is -0.633. The standard InChI is InChI=1S/C3H5N2O2/c6-5-3-7-2-1-4-5/h1-2H,3H2,(H,4,6)/q+1. The fourth-order valence-electron chi connectivity index (χ4n) is 0.310. The van der Waals surface area contributed by atoms with Gasteiger partial charge in [0.2, 0.25) is 0 Å². The molecule has 0 unspecified atom stereocenters. The predicted octanol–water partition coefficient (Wildman–Crippen LogP) is -0.271. The fourth-order valence-corrected chi connectivity index (χ4v) is 0.310. The number of rotatable bonds is 0. The third-order valence-corrected chi connectivity index (χ3v) is 0.575. The molecule has 0 aromatic heterocycles. The van der Waals surface area contributed by atoms with Crippen molar-refractivity contribution in [1.29, 1.82) is 0 Å². The number of ether oxygens (including phenoxy) is 1. The van der Waals surface area contributed by atoms with Crippen molar-refractivity contribution >= 4 is 0 Å². The van der Waals surface area contributed by atoms with Gasteiger partial charge in [0.05, 0.1) is 11.1 Å². The van der Waals surface area contributed by atoms with Gasteiger partial charge in [-0.3, -0.25) is 0 Å². The molecular weight excluding hydrogens is 96.0 g/mol. The molecule has 0 aromatic rings. The van der Waals surface area contributed by atoms with Crippen LogP contribution in [0.15, 0.2) is 12.5 Å². The predicted molar refractivity (Wildman–Crippen MR) is 21.9 cm³/mol. The Bertz CT molecular complexity index is 110. The summed E-state index contributed by atoms with van der Waals surface area (Å²) in [7, 11) is 0. The topological polar surface area (TPSA) is 41.3 Å². The molecule has 1 N–H and O–H groups in total. The number of nitrogens with one attached hydrogen (secondary N) is 1. The van der Waals surface area contributed by atoms with E-state index in [2.05, 4.69) is 10.2 Å². The normalized spacial score (nSPS) is 18.0. The number of hydrazine groups is 1. The molecule has 0 bridgehead atoms. The zero-order chi connectivity index (χ0) is 5.11. The van der Waals surface area contributed by atoms with E-state index in [1.165, 1.54) is 12.5 Å². The summed E-state index contributed by atoms with van der Waals surface area (Å²) in [5.74, 6) is 0. The van der Waals surface area contributed by atoms with E-state index in [0.717, 1.165) is 0 Å². The first kappa shape index (κ1) is 4.11. The summed E-state index contributed by atoms with van der Waals surface area (Å²) in [6.45, 7) is 0.0660. The van der Waals surface area contributed by atoms with Gasteiger partial charge in [-0.15, -0.1) is 5.43 Å². The van der Waals surface area contributed by atoms with Gasteiger partial charge in [0.15, 0.2) is 4.87 Å². The first-order chi connectivity index (χ1) is 3.39. The third kappa shape index (κ3) is 0.887. The lowest BCUT2D eigenvalue weighted by Crippen LogP contribution is -2.26. The van der Waals surface area contributed by atoms with E-state index >= 15 is 0 Å². The van der Waals surface area contributed by atoms with Crippen LogP contribution >= 0.6 is 0 Å². The summed E-state index contributed by atoms with van der Waals surface area (Å²) < 4.78 is 4.55. The van der Waals surface area contributed by atoms with Crippen LogP contribution in [-0.4, -0.2) is 11.6 Å². The average molecular weight is 101 g/mol. The number of nitrogens with zero attached hydrogens (tertiary/aromatic N) is 1. The van der Waals surface area contributed by atoms with E-state index in [9.17, 15) is 4.91 Å². The van der Waals surface area contributed by atoms with Gasteiger partial charge in [-0.05, 0) is 0 Å². The third-order valence-electron chi connectivity index (χ3n) is 0.575. The van der Waals surface area contributed by atoms with E-state index in [4.69, 9.17) is 0 Å². The van der Waals surface area contributed by atoms with Crippen LogP contribution in [0.5, 0.6) is 0 Å². The molecule has 0 aliphatic carbocycles. The van der Waals surface area contributed by atoms with Crippen LogP contribution in [0.3, 0.4) is 0 Å². The van der Waals surface area contributed by atoms with Gasteiger partial charge in [0.25, 0.3) is 0 Å². The zero-order valence-electron chi connectivity index (χ0n) is 3.63. The molecule has 0 saturated carbocycles. The van der Waals surface area contributed by atoms with E-state index in [1.807, 2.05) is 0 Å². The minimum absolute atomic E-state index is 0.0660. The van der Waals surface area contributed by atoms with Crippen LogP contribution in [0, 0.1) is 4.91 Å². The summed E-state index contributed by atoms with van der Waals surface area (Å²) in [5, 5.41) is 0. The zero-order valence-corrected chi connectivity index (χ0v) is 3.63. The Morgan fingerprint density at radius 3 is 3.00 bits per heavy atom. The molecule has 0 amide bonds. The second-order valence-corrected chi connectivity index (χ2v) is 1.11. The van der Waals surface area contributed by atoms with Gasteiger partial charge >= 0.3 is 6.73 Å². The monoisotopic (exact) mass is 101 g/mol. The molecule has 0 saturated heterocycles. The van der Waals surface area contributed by atoms with Crippen molar-refractivity contribution in [2.75, 3.05) is 6.73 Å². The fraction of sp³-hybridized carbons (Fsp3) is 0.333. The first-order valence-electron chi connectivity index (χ1n) is 1.87. The minimum atomic E-state index is 0.0660. The molecule has 1 aliphatic heterocycles. The minimum Gasteiger partial charge on any atom is -0.437 e. The number of hydrogen-bond donors (Lipinski definition) is 1. The van der Waals surface area contributed by atoms with Gasteiger partial charge in [0.1, 0.15) is 6.26 Å². The molecule has 0 fully saturated rings. The van der Waals surface area contributed by atoms with Crippen LogP contribution < -0.4 is 5.43 Å². The summed E-state index contributed by atoms with van der Waals surface area (Å²) in [6, 6.07) is 0. The van der Waals surface area contributed by atoms with E-state index in [1.54, 1.807) is 0 Å². The molecule has 7 heavy (non-hydrogen) atoms. The Morgan fingerprint density at radius 2 is 2.71 bits per heavy atom. The van der Waals surface area contributed by atoms with Crippen molar-refractivity contribution in [3.8, 4) is 0 Å². The highest BCUT2D eigenvalue weighted by atomic mass is 16.5. The molecule has 1 heterocycles. The Balaban J connectivity index is 2.47. The lowest BCUT2D eigenvalue weighted by atomic mass is 10.9. The largest absolute Gasteiger partial charge is 0.437 e. The number of hydrogen-bond acceptors (Lipinski definition) is 2. The van der Waals surface area contributed by atoms with E-state index in [-0.39, 0.29) is 6.73 Å². The van der Waals surface area contributed by atoms with Gasteiger partial charge in [-0.2, -0.15) is 0 Å².